The van der Waals surface area contributed by atoms with Crippen LogP contribution in [0.4, 0.5) is 0 Å². The highest BCUT2D eigenvalue weighted by atomic mass is 32.2. The van der Waals surface area contributed by atoms with E-state index in [1.165, 1.54) is 86.3 Å². The summed E-state index contributed by atoms with van der Waals surface area (Å²) in [5, 5.41) is 8.05. The van der Waals surface area contributed by atoms with Gasteiger partial charge in [0.15, 0.2) is 0 Å². The fourth-order valence-corrected chi connectivity index (χ4v) is 8.93. The highest BCUT2D eigenvalue weighted by Crippen LogP contribution is 2.44. The Labute approximate surface area is 242 Å². The molecule has 0 radical (unpaired) electrons. The van der Waals surface area contributed by atoms with Gasteiger partial charge in [-0.1, -0.05) is 126 Å². The molecule has 8 aromatic rings. The zero-order valence-corrected chi connectivity index (χ0v) is 23.0. The lowest BCUT2D eigenvalue weighted by molar-refractivity contribution is 1.18. The first-order chi connectivity index (χ1) is 20.4. The Morgan fingerprint density at radius 3 is 2.22 bits per heavy atom. The van der Waals surface area contributed by atoms with Crippen molar-refractivity contribution in [2.24, 2.45) is 0 Å². The Morgan fingerprint density at radius 1 is 0.512 bits per heavy atom. The van der Waals surface area contributed by atoms with E-state index in [-0.39, 0.29) is 6.71 Å². The summed E-state index contributed by atoms with van der Waals surface area (Å²) >= 11 is 1.95. The van der Waals surface area contributed by atoms with Crippen LogP contribution in [0.15, 0.2) is 143 Å². The summed E-state index contributed by atoms with van der Waals surface area (Å²) in [6.07, 6.45) is 0. The zero-order valence-electron chi connectivity index (χ0n) is 22.1. The van der Waals surface area contributed by atoms with Crippen LogP contribution in [0.2, 0.25) is 0 Å². The van der Waals surface area contributed by atoms with E-state index in [9.17, 15) is 0 Å². The van der Waals surface area contributed by atoms with Gasteiger partial charge in [-0.3, -0.25) is 0 Å². The van der Waals surface area contributed by atoms with Crippen LogP contribution in [0, 0.1) is 0 Å². The Kier molecular flexibility index (Phi) is 4.26. The van der Waals surface area contributed by atoms with Crippen LogP contribution in [0.3, 0.4) is 0 Å². The van der Waals surface area contributed by atoms with Gasteiger partial charge in [0.2, 0.25) is 6.71 Å². The van der Waals surface area contributed by atoms with E-state index in [0.29, 0.717) is 0 Å². The first kappa shape index (κ1) is 22.0. The summed E-state index contributed by atoms with van der Waals surface area (Å²) in [6.45, 7) is 0.221. The predicted octanol–water partition coefficient (Wildman–Crippen LogP) is 8.05. The minimum atomic E-state index is 0.221. The van der Waals surface area contributed by atoms with E-state index in [4.69, 9.17) is 0 Å². The molecule has 0 saturated heterocycles. The highest BCUT2D eigenvalue weighted by molar-refractivity contribution is 8.00. The van der Waals surface area contributed by atoms with E-state index in [0.717, 1.165) is 0 Å². The van der Waals surface area contributed by atoms with Gasteiger partial charge in [0.1, 0.15) is 0 Å². The second-order valence-corrected chi connectivity index (χ2v) is 12.3. The first-order valence-electron chi connectivity index (χ1n) is 14.2. The molecule has 0 N–H and O–H groups in total. The first-order valence-corrected chi connectivity index (χ1v) is 15.1. The summed E-state index contributed by atoms with van der Waals surface area (Å²) in [5.74, 6) is 0. The molecule has 1 nitrogen and oxygen atoms in total. The SMILES string of the molecule is c1ccc(-n2c3ccccc3c3c4cccc5c4c(cc32)-c2cccc3c2B5c2ccc4ccccc4c2S3)cc1. The molecule has 3 heteroatoms. The average molecular weight is 535 g/mol. The van der Waals surface area contributed by atoms with Gasteiger partial charge in [-0.05, 0) is 68.5 Å². The van der Waals surface area contributed by atoms with Crippen molar-refractivity contribution in [3.8, 4) is 16.8 Å². The summed E-state index contributed by atoms with van der Waals surface area (Å²) in [7, 11) is 0. The van der Waals surface area contributed by atoms with Crippen LogP contribution in [0.1, 0.15) is 0 Å². The summed E-state index contributed by atoms with van der Waals surface area (Å²) in [5.41, 5.74) is 10.7. The third kappa shape index (κ3) is 2.79. The molecular formula is C38H22BNS. The maximum Gasteiger partial charge on any atom is 0.245 e. The smallest absolute Gasteiger partial charge is 0.245 e. The monoisotopic (exact) mass is 535 g/mol. The summed E-state index contributed by atoms with van der Waals surface area (Å²) < 4.78 is 2.45. The molecule has 7 aromatic carbocycles. The molecule has 188 valence electrons. The molecule has 1 aromatic heterocycles. The zero-order chi connectivity index (χ0) is 26.7. The van der Waals surface area contributed by atoms with Crippen molar-refractivity contribution in [1.82, 2.24) is 4.57 Å². The topological polar surface area (TPSA) is 4.93 Å². The van der Waals surface area contributed by atoms with E-state index >= 15 is 0 Å². The van der Waals surface area contributed by atoms with Crippen LogP contribution in [0.25, 0.3) is 60.2 Å². The van der Waals surface area contributed by atoms with Crippen LogP contribution >= 0.6 is 11.8 Å². The Balaban J connectivity index is 1.39. The molecular weight excluding hydrogens is 513 g/mol. The molecule has 41 heavy (non-hydrogen) atoms. The molecule has 10 rings (SSSR count). The Bertz CT molecular complexity index is 2400. The van der Waals surface area contributed by atoms with Crippen molar-refractivity contribution in [2.45, 2.75) is 9.79 Å². The average Bonchev–Trinajstić information content (AvgIpc) is 3.37. The molecule has 2 aliphatic heterocycles. The third-order valence-corrected chi connectivity index (χ3v) is 10.5. The third-order valence-electron chi connectivity index (χ3n) is 9.23. The van der Waals surface area contributed by atoms with E-state index in [1.54, 1.807) is 0 Å². The number of nitrogens with zero attached hydrogens (tertiary/aromatic N) is 1. The quantitative estimate of drug-likeness (QED) is 0.193. The van der Waals surface area contributed by atoms with Gasteiger partial charge in [-0.25, -0.2) is 0 Å². The van der Waals surface area contributed by atoms with Gasteiger partial charge in [0.05, 0.1) is 11.0 Å². The number of hydrogen-bond acceptors (Lipinski definition) is 1. The number of benzene rings is 7. The Hall–Kier alpha value is -4.73. The van der Waals surface area contributed by atoms with Gasteiger partial charge < -0.3 is 4.57 Å². The minimum absolute atomic E-state index is 0.221. The van der Waals surface area contributed by atoms with Crippen LogP contribution in [-0.4, -0.2) is 11.3 Å². The van der Waals surface area contributed by atoms with E-state index < -0.39 is 0 Å². The molecule has 0 saturated carbocycles. The lowest BCUT2D eigenvalue weighted by Gasteiger charge is -2.34. The fraction of sp³-hybridized carbons (Fsp3) is 0. The van der Waals surface area contributed by atoms with Crippen molar-refractivity contribution in [3.05, 3.63) is 133 Å². The largest absolute Gasteiger partial charge is 0.309 e. The number of fused-ring (bicyclic) bond motifs is 10. The van der Waals surface area contributed by atoms with E-state index in [1.807, 2.05) is 11.8 Å². The minimum Gasteiger partial charge on any atom is -0.309 e. The standard InChI is InChI=1S/C38H22BNS/c1-2-11-24(12-3-1)40-32-18-7-6-14-27(32)36-28-16-8-17-30-35(28)29(22-33(36)40)26-15-9-19-34-37(26)39(30)31-21-20-23-10-4-5-13-25(23)38(31)41-34/h1-22H. The van der Waals surface area contributed by atoms with Gasteiger partial charge in [-0.2, -0.15) is 0 Å². The summed E-state index contributed by atoms with van der Waals surface area (Å²) in [6, 6.07) is 49.6. The van der Waals surface area contributed by atoms with Crippen molar-refractivity contribution in [1.29, 1.82) is 0 Å². The maximum absolute atomic E-state index is 2.47. The number of rotatable bonds is 1. The number of para-hydroxylation sites is 2. The normalized spacial score (nSPS) is 13.2. The molecule has 3 heterocycles. The molecule has 0 bridgehead atoms. The fourth-order valence-electron chi connectivity index (χ4n) is 7.63. The molecule has 0 unspecified atom stereocenters. The second kappa shape index (κ2) is 7.93. The van der Waals surface area contributed by atoms with Gasteiger partial charge in [-0.15, -0.1) is 0 Å². The Morgan fingerprint density at radius 2 is 1.29 bits per heavy atom. The molecule has 0 aliphatic carbocycles. The van der Waals surface area contributed by atoms with Crippen molar-refractivity contribution in [3.63, 3.8) is 0 Å². The van der Waals surface area contributed by atoms with Gasteiger partial charge >= 0.3 is 0 Å². The van der Waals surface area contributed by atoms with Gasteiger partial charge in [0, 0.05) is 26.3 Å². The molecule has 2 aliphatic rings. The predicted molar refractivity (Wildman–Crippen MR) is 176 cm³/mol. The molecule has 0 atom stereocenters. The molecule has 0 fully saturated rings. The van der Waals surface area contributed by atoms with Crippen molar-refractivity contribution >= 4 is 78.2 Å². The molecule has 0 amide bonds. The summed E-state index contributed by atoms with van der Waals surface area (Å²) in [4.78, 5) is 2.78. The number of hydrogen-bond donors (Lipinski definition) is 0. The number of aromatic nitrogens is 1. The lowest BCUT2D eigenvalue weighted by Crippen LogP contribution is -2.57. The van der Waals surface area contributed by atoms with Crippen molar-refractivity contribution in [2.75, 3.05) is 0 Å². The van der Waals surface area contributed by atoms with Crippen molar-refractivity contribution < 1.29 is 0 Å². The van der Waals surface area contributed by atoms with Gasteiger partial charge in [0.25, 0.3) is 0 Å². The van der Waals surface area contributed by atoms with Crippen LogP contribution in [-0.2, 0) is 0 Å². The second-order valence-electron chi connectivity index (χ2n) is 11.2. The molecule has 0 spiro atoms. The van der Waals surface area contributed by atoms with Crippen LogP contribution in [0.5, 0.6) is 0 Å². The highest BCUT2D eigenvalue weighted by Gasteiger charge is 2.39. The maximum atomic E-state index is 2.47. The lowest BCUT2D eigenvalue weighted by atomic mass is 9.33. The van der Waals surface area contributed by atoms with Crippen LogP contribution < -0.4 is 16.4 Å². The van der Waals surface area contributed by atoms with E-state index in [2.05, 4.69) is 138 Å².